The number of carboxylic acid groups (broad SMARTS) is 1. The van der Waals surface area contributed by atoms with E-state index in [1.807, 2.05) is 0 Å². The van der Waals surface area contributed by atoms with Gasteiger partial charge in [0.25, 0.3) is 0 Å². The summed E-state index contributed by atoms with van der Waals surface area (Å²) in [5.74, 6) is -1.87. The van der Waals surface area contributed by atoms with Crippen molar-refractivity contribution in [3.63, 3.8) is 0 Å². The number of carbonyl (C=O) groups excluding carboxylic acids is 1. The molecule has 1 amide bonds. The SMILES string of the molecule is CO/N=C(\C(=O)O)c1cnc(NC(=O)CCl)s1. The number of hydrogen-bond acceptors (Lipinski definition) is 6. The lowest BCUT2D eigenvalue weighted by molar-refractivity contribution is -0.129. The fraction of sp³-hybridized carbons (Fsp3) is 0.250. The average molecular weight is 278 g/mol. The van der Waals surface area contributed by atoms with E-state index in [0.717, 1.165) is 11.3 Å². The Bertz CT molecular complexity index is 459. The smallest absolute Gasteiger partial charge is 0.359 e. The first-order chi connectivity index (χ1) is 8.08. The third-order valence-electron chi connectivity index (χ3n) is 1.49. The van der Waals surface area contributed by atoms with Crippen LogP contribution < -0.4 is 5.32 Å². The summed E-state index contributed by atoms with van der Waals surface area (Å²) in [5, 5.41) is 14.9. The van der Waals surface area contributed by atoms with Crippen LogP contribution >= 0.6 is 22.9 Å². The molecule has 0 aliphatic carbocycles. The number of aliphatic carboxylic acids is 1. The van der Waals surface area contributed by atoms with Crippen molar-refractivity contribution < 1.29 is 19.5 Å². The quantitative estimate of drug-likeness (QED) is 0.470. The number of carbonyl (C=O) groups is 2. The molecule has 0 aromatic carbocycles. The van der Waals surface area contributed by atoms with Gasteiger partial charge in [-0.3, -0.25) is 4.79 Å². The number of halogens is 1. The second-order valence-electron chi connectivity index (χ2n) is 2.64. The second-order valence-corrected chi connectivity index (χ2v) is 3.94. The Morgan fingerprint density at radius 2 is 2.41 bits per heavy atom. The van der Waals surface area contributed by atoms with Crippen LogP contribution in [0.4, 0.5) is 5.13 Å². The predicted molar refractivity (Wildman–Crippen MR) is 62.6 cm³/mol. The molecule has 17 heavy (non-hydrogen) atoms. The lowest BCUT2D eigenvalue weighted by Gasteiger charge is -1.96. The van der Waals surface area contributed by atoms with Gasteiger partial charge in [-0.15, -0.1) is 11.6 Å². The van der Waals surface area contributed by atoms with Crippen molar-refractivity contribution in [3.05, 3.63) is 11.1 Å². The highest BCUT2D eigenvalue weighted by Crippen LogP contribution is 2.19. The summed E-state index contributed by atoms with van der Waals surface area (Å²) in [6, 6.07) is 0. The number of oxime groups is 1. The second kappa shape index (κ2) is 6.16. The molecule has 0 radical (unpaired) electrons. The van der Waals surface area contributed by atoms with Crippen molar-refractivity contribution in [2.45, 2.75) is 0 Å². The lowest BCUT2D eigenvalue weighted by atomic mass is 10.3. The molecule has 2 N–H and O–H groups in total. The summed E-state index contributed by atoms with van der Waals surface area (Å²) >= 11 is 6.26. The van der Waals surface area contributed by atoms with Gasteiger partial charge in [0, 0.05) is 0 Å². The highest BCUT2D eigenvalue weighted by atomic mass is 35.5. The largest absolute Gasteiger partial charge is 0.476 e. The van der Waals surface area contributed by atoms with Crippen LogP contribution in [0.1, 0.15) is 4.88 Å². The summed E-state index contributed by atoms with van der Waals surface area (Å²) in [4.78, 5) is 30.3. The van der Waals surface area contributed by atoms with Crippen molar-refractivity contribution >= 4 is 45.7 Å². The van der Waals surface area contributed by atoms with E-state index in [2.05, 4.69) is 20.3 Å². The van der Waals surface area contributed by atoms with E-state index in [4.69, 9.17) is 16.7 Å². The normalized spacial score (nSPS) is 11.1. The predicted octanol–water partition coefficient (Wildman–Crippen LogP) is 0.756. The minimum atomic E-state index is -1.24. The number of amides is 1. The van der Waals surface area contributed by atoms with Crippen LogP contribution in [0.5, 0.6) is 0 Å². The molecule has 0 aliphatic rings. The van der Waals surface area contributed by atoms with Crippen molar-refractivity contribution in [2.24, 2.45) is 5.16 Å². The Hall–Kier alpha value is -1.67. The first-order valence-corrected chi connectivity index (χ1v) is 5.60. The van der Waals surface area contributed by atoms with Crippen LogP contribution in [0.3, 0.4) is 0 Å². The van der Waals surface area contributed by atoms with E-state index >= 15 is 0 Å². The molecule has 7 nitrogen and oxygen atoms in total. The maximum absolute atomic E-state index is 11.0. The molecule has 0 atom stereocenters. The number of anilines is 1. The molecule has 0 unspecified atom stereocenters. The molecular formula is C8H8ClN3O4S. The lowest BCUT2D eigenvalue weighted by Crippen LogP contribution is -2.13. The molecule has 1 heterocycles. The standard InChI is InChI=1S/C8H8ClN3O4S/c1-16-12-6(7(14)15)4-3-10-8(17-4)11-5(13)2-9/h3H,2H2,1H3,(H,14,15)(H,10,11,13)/b12-6-. The van der Waals surface area contributed by atoms with Gasteiger partial charge in [0.05, 0.1) is 11.1 Å². The number of nitrogens with zero attached hydrogens (tertiary/aromatic N) is 2. The van der Waals surface area contributed by atoms with Gasteiger partial charge in [0.15, 0.2) is 5.13 Å². The maximum Gasteiger partial charge on any atom is 0.359 e. The molecule has 0 aliphatic heterocycles. The zero-order valence-corrected chi connectivity index (χ0v) is 10.2. The number of rotatable bonds is 5. The van der Waals surface area contributed by atoms with Gasteiger partial charge in [0.1, 0.15) is 13.0 Å². The summed E-state index contributed by atoms with van der Waals surface area (Å²) in [5.41, 5.74) is -0.281. The van der Waals surface area contributed by atoms with Gasteiger partial charge in [-0.2, -0.15) is 0 Å². The first-order valence-electron chi connectivity index (χ1n) is 4.25. The number of thiazole rings is 1. The van der Waals surface area contributed by atoms with Gasteiger partial charge >= 0.3 is 5.97 Å². The highest BCUT2D eigenvalue weighted by Gasteiger charge is 2.17. The molecule has 1 aromatic rings. The Kier molecular flexibility index (Phi) is 4.85. The number of aromatic nitrogens is 1. The Morgan fingerprint density at radius 1 is 1.71 bits per heavy atom. The van der Waals surface area contributed by atoms with E-state index in [9.17, 15) is 9.59 Å². The first kappa shape index (κ1) is 13.4. The Balaban J connectivity index is 2.89. The van der Waals surface area contributed by atoms with Crippen LogP contribution in [-0.4, -0.2) is 40.7 Å². The number of nitrogens with one attached hydrogen (secondary N) is 1. The molecule has 92 valence electrons. The van der Waals surface area contributed by atoms with Gasteiger partial charge in [-0.25, -0.2) is 9.78 Å². The van der Waals surface area contributed by atoms with E-state index in [1.54, 1.807) is 0 Å². The van der Waals surface area contributed by atoms with Crippen molar-refractivity contribution in [1.29, 1.82) is 0 Å². The number of hydrogen-bond donors (Lipinski definition) is 2. The number of carboxylic acids is 1. The van der Waals surface area contributed by atoms with Crippen LogP contribution in [0.25, 0.3) is 0 Å². The molecule has 0 saturated carbocycles. The van der Waals surface area contributed by atoms with Gasteiger partial charge < -0.3 is 15.3 Å². The maximum atomic E-state index is 11.0. The van der Waals surface area contributed by atoms with Crippen LogP contribution in [0.2, 0.25) is 0 Å². The Labute approximate surface area is 105 Å². The average Bonchev–Trinajstić information content (AvgIpc) is 2.73. The monoisotopic (exact) mass is 277 g/mol. The highest BCUT2D eigenvalue weighted by molar-refractivity contribution is 7.18. The topological polar surface area (TPSA) is 101 Å². The fourth-order valence-electron chi connectivity index (χ4n) is 0.875. The molecular weight excluding hydrogens is 270 g/mol. The number of alkyl halides is 1. The molecule has 1 rings (SSSR count). The van der Waals surface area contributed by atoms with Crippen molar-refractivity contribution in [2.75, 3.05) is 18.3 Å². The summed E-state index contributed by atoms with van der Waals surface area (Å²) in [6.07, 6.45) is 1.28. The zero-order chi connectivity index (χ0) is 12.8. The van der Waals surface area contributed by atoms with E-state index in [-0.39, 0.29) is 21.6 Å². The fourth-order valence-corrected chi connectivity index (χ4v) is 1.75. The van der Waals surface area contributed by atoms with Gasteiger partial charge in [-0.1, -0.05) is 16.5 Å². The molecule has 0 fully saturated rings. The third kappa shape index (κ3) is 3.68. The van der Waals surface area contributed by atoms with Crippen molar-refractivity contribution in [1.82, 2.24) is 4.98 Å². The Morgan fingerprint density at radius 3 is 2.94 bits per heavy atom. The summed E-state index contributed by atoms with van der Waals surface area (Å²) < 4.78 is 0. The summed E-state index contributed by atoms with van der Waals surface area (Å²) in [7, 11) is 1.24. The van der Waals surface area contributed by atoms with Gasteiger partial charge in [-0.05, 0) is 0 Å². The van der Waals surface area contributed by atoms with E-state index in [0.29, 0.717) is 0 Å². The molecule has 0 saturated heterocycles. The van der Waals surface area contributed by atoms with Gasteiger partial charge in [0.2, 0.25) is 11.6 Å². The summed E-state index contributed by atoms with van der Waals surface area (Å²) in [6.45, 7) is 0. The minimum Gasteiger partial charge on any atom is -0.476 e. The molecule has 0 spiro atoms. The van der Waals surface area contributed by atoms with Crippen LogP contribution in [0.15, 0.2) is 11.4 Å². The molecule has 0 bridgehead atoms. The van der Waals surface area contributed by atoms with Crippen molar-refractivity contribution in [3.8, 4) is 0 Å². The van der Waals surface area contributed by atoms with E-state index in [1.165, 1.54) is 13.3 Å². The zero-order valence-electron chi connectivity index (χ0n) is 8.64. The minimum absolute atomic E-state index is 0.202. The van der Waals surface area contributed by atoms with E-state index < -0.39 is 11.9 Å². The molecule has 9 heteroatoms. The third-order valence-corrected chi connectivity index (χ3v) is 2.65. The molecule has 1 aromatic heterocycles. The van der Waals surface area contributed by atoms with Crippen LogP contribution in [0, 0.1) is 0 Å². The van der Waals surface area contributed by atoms with Crippen LogP contribution in [-0.2, 0) is 14.4 Å².